The Labute approximate surface area is 91.3 Å². The summed E-state index contributed by atoms with van der Waals surface area (Å²) in [6, 6.07) is 1.48. The van der Waals surface area contributed by atoms with Gasteiger partial charge in [-0.1, -0.05) is 0 Å². The van der Waals surface area contributed by atoms with Gasteiger partial charge in [-0.2, -0.15) is 0 Å². The normalized spacial score (nSPS) is 9.73. The lowest BCUT2D eigenvalue weighted by molar-refractivity contribution is -0.118. The van der Waals surface area contributed by atoms with Crippen LogP contribution in [0.4, 0.5) is 0 Å². The van der Waals surface area contributed by atoms with Crippen molar-refractivity contribution in [1.82, 2.24) is 5.32 Å². The molecule has 0 bridgehead atoms. The Balaban J connectivity index is 2.65. The van der Waals surface area contributed by atoms with Crippen molar-refractivity contribution >= 4 is 23.5 Å². The van der Waals surface area contributed by atoms with Gasteiger partial charge in [-0.05, 0) is 6.07 Å². The van der Waals surface area contributed by atoms with Crippen LogP contribution in [0.15, 0.2) is 16.7 Å². The number of methoxy groups -OCH3 is 1. The molecule has 0 saturated carbocycles. The Morgan fingerprint density at radius 2 is 2.33 bits per heavy atom. The van der Waals surface area contributed by atoms with Crippen molar-refractivity contribution in [3.05, 3.63) is 23.7 Å². The van der Waals surface area contributed by atoms with Crippen molar-refractivity contribution < 1.29 is 18.7 Å². The zero-order chi connectivity index (χ0) is 11.3. The minimum atomic E-state index is -0.501. The number of hydrogen-bond donors (Lipinski definition) is 1. The molecule has 0 saturated heterocycles. The second-order valence-corrected chi connectivity index (χ2v) is 2.93. The molecule has 0 aliphatic rings. The molecule has 5 nitrogen and oxygen atoms in total. The number of rotatable bonds is 4. The number of hydrogen-bond acceptors (Lipinski definition) is 4. The first-order chi connectivity index (χ1) is 7.19. The van der Waals surface area contributed by atoms with E-state index in [0.29, 0.717) is 11.3 Å². The zero-order valence-electron chi connectivity index (χ0n) is 8.08. The summed E-state index contributed by atoms with van der Waals surface area (Å²) in [5.74, 6) is -0.614. The SMILES string of the molecule is COC(=O)c1ccoc1CNC(=O)CCl. The van der Waals surface area contributed by atoms with E-state index in [9.17, 15) is 9.59 Å². The molecule has 1 amide bonds. The Bertz CT molecular complexity index is 361. The summed E-state index contributed by atoms with van der Waals surface area (Å²) >= 11 is 5.29. The standard InChI is InChI=1S/C9H10ClNO4/c1-14-9(13)6-2-3-15-7(6)5-11-8(12)4-10/h2-3H,4-5H2,1H3,(H,11,12). The molecule has 0 unspecified atom stereocenters. The fraction of sp³-hybridized carbons (Fsp3) is 0.333. The number of ether oxygens (including phenoxy) is 1. The molecular formula is C9H10ClNO4. The molecule has 6 heteroatoms. The molecule has 82 valence electrons. The van der Waals surface area contributed by atoms with Gasteiger partial charge in [0.2, 0.25) is 5.91 Å². The molecular weight excluding hydrogens is 222 g/mol. The summed E-state index contributed by atoms with van der Waals surface area (Å²) in [5.41, 5.74) is 0.298. The minimum Gasteiger partial charge on any atom is -0.467 e. The van der Waals surface area contributed by atoms with Gasteiger partial charge in [-0.15, -0.1) is 11.6 Å². The maximum atomic E-state index is 11.2. The Kier molecular flexibility index (Phi) is 4.17. The van der Waals surface area contributed by atoms with Crippen LogP contribution in [-0.4, -0.2) is 24.9 Å². The molecule has 1 N–H and O–H groups in total. The number of furan rings is 1. The lowest BCUT2D eigenvalue weighted by Crippen LogP contribution is -2.24. The van der Waals surface area contributed by atoms with Crippen molar-refractivity contribution in [2.45, 2.75) is 6.54 Å². The summed E-state index contributed by atoms with van der Waals surface area (Å²) in [5, 5.41) is 2.48. The first-order valence-electron chi connectivity index (χ1n) is 4.16. The predicted molar refractivity (Wildman–Crippen MR) is 52.6 cm³/mol. The van der Waals surface area contributed by atoms with Crippen LogP contribution in [-0.2, 0) is 16.1 Å². The lowest BCUT2D eigenvalue weighted by atomic mass is 10.2. The maximum Gasteiger partial charge on any atom is 0.341 e. The lowest BCUT2D eigenvalue weighted by Gasteiger charge is -2.02. The van der Waals surface area contributed by atoms with Crippen LogP contribution in [0.5, 0.6) is 0 Å². The largest absolute Gasteiger partial charge is 0.467 e. The van der Waals surface area contributed by atoms with Gasteiger partial charge < -0.3 is 14.5 Å². The van der Waals surface area contributed by atoms with E-state index in [0.717, 1.165) is 0 Å². The number of amides is 1. The number of nitrogens with one attached hydrogen (secondary N) is 1. The van der Waals surface area contributed by atoms with Crippen molar-refractivity contribution in [2.24, 2.45) is 0 Å². The fourth-order valence-corrected chi connectivity index (χ4v) is 1.09. The topological polar surface area (TPSA) is 68.5 Å². The minimum absolute atomic E-state index is 0.114. The molecule has 0 aromatic carbocycles. The third-order valence-corrected chi connectivity index (χ3v) is 1.96. The van der Waals surface area contributed by atoms with Gasteiger partial charge in [0, 0.05) is 0 Å². The van der Waals surface area contributed by atoms with E-state index in [2.05, 4.69) is 10.1 Å². The van der Waals surface area contributed by atoms with Crippen molar-refractivity contribution in [3.8, 4) is 0 Å². The zero-order valence-corrected chi connectivity index (χ0v) is 8.84. The van der Waals surface area contributed by atoms with Crippen molar-refractivity contribution in [3.63, 3.8) is 0 Å². The highest BCUT2D eigenvalue weighted by atomic mass is 35.5. The van der Waals surface area contributed by atoms with Gasteiger partial charge in [-0.25, -0.2) is 4.79 Å². The second kappa shape index (κ2) is 5.41. The average Bonchev–Trinajstić information content (AvgIpc) is 2.72. The van der Waals surface area contributed by atoms with E-state index in [-0.39, 0.29) is 18.3 Å². The van der Waals surface area contributed by atoms with Crippen LogP contribution in [0.2, 0.25) is 0 Å². The van der Waals surface area contributed by atoms with Gasteiger partial charge in [0.1, 0.15) is 17.2 Å². The predicted octanol–water partition coefficient (Wildman–Crippen LogP) is 0.921. The highest BCUT2D eigenvalue weighted by Gasteiger charge is 2.15. The highest BCUT2D eigenvalue weighted by molar-refractivity contribution is 6.27. The van der Waals surface area contributed by atoms with Crippen molar-refractivity contribution in [2.75, 3.05) is 13.0 Å². The van der Waals surface area contributed by atoms with Crippen molar-refractivity contribution in [1.29, 1.82) is 0 Å². The van der Waals surface area contributed by atoms with Gasteiger partial charge in [0.05, 0.1) is 19.9 Å². The van der Waals surface area contributed by atoms with E-state index in [1.54, 1.807) is 0 Å². The summed E-state index contributed by atoms with van der Waals surface area (Å²) < 4.78 is 9.55. The van der Waals surface area contributed by atoms with E-state index in [1.165, 1.54) is 19.4 Å². The van der Waals surface area contributed by atoms with E-state index < -0.39 is 5.97 Å². The number of carbonyl (C=O) groups excluding carboxylic acids is 2. The van der Waals surface area contributed by atoms with Crippen LogP contribution >= 0.6 is 11.6 Å². The van der Waals surface area contributed by atoms with E-state index >= 15 is 0 Å². The highest BCUT2D eigenvalue weighted by Crippen LogP contribution is 2.11. The molecule has 0 fully saturated rings. The molecule has 0 spiro atoms. The Hall–Kier alpha value is -1.49. The number of alkyl halides is 1. The molecule has 1 heterocycles. The van der Waals surface area contributed by atoms with E-state index in [4.69, 9.17) is 16.0 Å². The summed E-state index contributed by atoms with van der Waals surface area (Å²) in [6.45, 7) is 0.114. The number of halogens is 1. The monoisotopic (exact) mass is 231 g/mol. The van der Waals surface area contributed by atoms with Gasteiger partial charge >= 0.3 is 5.97 Å². The molecule has 0 aliphatic carbocycles. The van der Waals surface area contributed by atoms with Crippen LogP contribution in [0.25, 0.3) is 0 Å². The second-order valence-electron chi connectivity index (χ2n) is 2.66. The van der Waals surface area contributed by atoms with Crippen LogP contribution in [0, 0.1) is 0 Å². The number of esters is 1. The Morgan fingerprint density at radius 1 is 1.60 bits per heavy atom. The molecule has 15 heavy (non-hydrogen) atoms. The smallest absolute Gasteiger partial charge is 0.341 e. The molecule has 0 radical (unpaired) electrons. The van der Waals surface area contributed by atoms with Crippen LogP contribution < -0.4 is 5.32 Å². The van der Waals surface area contributed by atoms with Crippen LogP contribution in [0.3, 0.4) is 0 Å². The van der Waals surface area contributed by atoms with Crippen LogP contribution in [0.1, 0.15) is 16.1 Å². The van der Waals surface area contributed by atoms with Gasteiger partial charge in [0.25, 0.3) is 0 Å². The quantitative estimate of drug-likeness (QED) is 0.618. The molecule has 1 rings (SSSR count). The average molecular weight is 232 g/mol. The van der Waals surface area contributed by atoms with E-state index in [1.807, 2.05) is 0 Å². The van der Waals surface area contributed by atoms with Gasteiger partial charge in [0.15, 0.2) is 0 Å². The summed E-state index contributed by atoms with van der Waals surface area (Å²) in [7, 11) is 1.27. The first kappa shape index (κ1) is 11.6. The third-order valence-electron chi connectivity index (χ3n) is 1.72. The molecule has 1 aromatic rings. The molecule has 0 aliphatic heterocycles. The summed E-state index contributed by atoms with van der Waals surface area (Å²) in [4.78, 5) is 22.0. The Morgan fingerprint density at radius 3 is 2.93 bits per heavy atom. The number of carbonyl (C=O) groups is 2. The molecule has 1 aromatic heterocycles. The third kappa shape index (κ3) is 2.99. The first-order valence-corrected chi connectivity index (χ1v) is 4.69. The maximum absolute atomic E-state index is 11.2. The molecule has 0 atom stereocenters. The van der Waals surface area contributed by atoms with Gasteiger partial charge in [-0.3, -0.25) is 4.79 Å². The fourth-order valence-electron chi connectivity index (χ4n) is 0.995. The summed E-state index contributed by atoms with van der Waals surface area (Å²) in [6.07, 6.45) is 1.36.